The number of pyridine rings is 2. The molecule has 0 atom stereocenters. The van der Waals surface area contributed by atoms with Crippen LogP contribution in [0, 0.1) is 0 Å². The van der Waals surface area contributed by atoms with Crippen LogP contribution in [-0.2, 0) is 13.0 Å². The summed E-state index contributed by atoms with van der Waals surface area (Å²) in [5.74, 6) is -0.518. The molecule has 1 aliphatic rings. The second-order valence-electron chi connectivity index (χ2n) is 5.08. The molecule has 0 saturated carbocycles. The molecule has 2 aromatic heterocycles. The molecule has 20 heavy (non-hydrogen) atoms. The molecule has 5 heteroatoms. The topological polar surface area (TPSA) is 72.1 Å². The number of carbonyl (C=O) groups excluding carboxylic acids is 1. The van der Waals surface area contributed by atoms with Crippen LogP contribution in [0.2, 0.25) is 0 Å². The molecule has 0 aromatic carbocycles. The number of likely N-dealkylation sites (N-methyl/N-ethyl adjacent to an activating group) is 1. The van der Waals surface area contributed by atoms with Crippen LogP contribution in [0.1, 0.15) is 21.7 Å². The van der Waals surface area contributed by atoms with Gasteiger partial charge in [0.15, 0.2) is 0 Å². The fraction of sp³-hybridized carbons (Fsp3) is 0.267. The van der Waals surface area contributed by atoms with Crippen molar-refractivity contribution in [1.29, 1.82) is 0 Å². The van der Waals surface area contributed by atoms with Gasteiger partial charge in [0.1, 0.15) is 5.69 Å². The van der Waals surface area contributed by atoms with Gasteiger partial charge >= 0.3 is 0 Å². The van der Waals surface area contributed by atoms with Crippen molar-refractivity contribution in [2.75, 3.05) is 13.6 Å². The van der Waals surface area contributed by atoms with E-state index in [0.29, 0.717) is 5.69 Å². The number of carbonyl (C=O) groups is 1. The van der Waals surface area contributed by atoms with Gasteiger partial charge in [0.2, 0.25) is 0 Å². The van der Waals surface area contributed by atoms with E-state index in [1.54, 1.807) is 18.5 Å². The summed E-state index contributed by atoms with van der Waals surface area (Å²) in [5, 5.41) is 0. The van der Waals surface area contributed by atoms with Gasteiger partial charge in [-0.1, -0.05) is 6.07 Å². The minimum Gasteiger partial charge on any atom is -0.364 e. The predicted molar refractivity (Wildman–Crippen MR) is 76.0 cm³/mol. The number of amides is 1. The van der Waals surface area contributed by atoms with E-state index in [0.717, 1.165) is 36.3 Å². The first-order valence-electron chi connectivity index (χ1n) is 6.56. The maximum atomic E-state index is 11.5. The second-order valence-corrected chi connectivity index (χ2v) is 5.08. The van der Waals surface area contributed by atoms with Crippen molar-refractivity contribution in [2.45, 2.75) is 13.0 Å². The van der Waals surface area contributed by atoms with Gasteiger partial charge in [-0.25, -0.2) is 0 Å². The van der Waals surface area contributed by atoms with Crippen molar-refractivity contribution in [3.8, 4) is 11.1 Å². The van der Waals surface area contributed by atoms with Crippen LogP contribution in [-0.4, -0.2) is 34.4 Å². The number of rotatable bonds is 2. The molecule has 5 nitrogen and oxygen atoms in total. The summed E-state index contributed by atoms with van der Waals surface area (Å²) in [5.41, 5.74) is 9.64. The zero-order valence-corrected chi connectivity index (χ0v) is 11.3. The van der Waals surface area contributed by atoms with Gasteiger partial charge in [-0.05, 0) is 24.7 Å². The Kier molecular flexibility index (Phi) is 3.20. The lowest BCUT2D eigenvalue weighted by Crippen LogP contribution is -2.27. The molecule has 0 spiro atoms. The average molecular weight is 268 g/mol. The monoisotopic (exact) mass is 268 g/mol. The van der Waals surface area contributed by atoms with Crippen molar-refractivity contribution in [3.63, 3.8) is 0 Å². The van der Waals surface area contributed by atoms with Crippen LogP contribution in [0.4, 0.5) is 0 Å². The van der Waals surface area contributed by atoms with E-state index in [1.165, 1.54) is 5.56 Å². The highest BCUT2D eigenvalue weighted by atomic mass is 16.1. The molecule has 0 radical (unpaired) electrons. The van der Waals surface area contributed by atoms with Crippen LogP contribution >= 0.6 is 0 Å². The highest BCUT2D eigenvalue weighted by Crippen LogP contribution is 2.25. The van der Waals surface area contributed by atoms with Gasteiger partial charge in [0.05, 0.1) is 0 Å². The van der Waals surface area contributed by atoms with Gasteiger partial charge in [-0.3, -0.25) is 14.8 Å². The number of aromatic nitrogens is 2. The molecule has 2 aromatic rings. The summed E-state index contributed by atoms with van der Waals surface area (Å²) < 4.78 is 0. The lowest BCUT2D eigenvalue weighted by molar-refractivity contribution is 0.0996. The molecule has 3 rings (SSSR count). The van der Waals surface area contributed by atoms with Crippen molar-refractivity contribution in [3.05, 3.63) is 47.5 Å². The van der Waals surface area contributed by atoms with E-state index in [4.69, 9.17) is 5.73 Å². The molecular weight excluding hydrogens is 252 g/mol. The molecular formula is C15H16N4O. The van der Waals surface area contributed by atoms with Gasteiger partial charge in [0.25, 0.3) is 5.91 Å². The molecule has 2 N–H and O–H groups in total. The zero-order chi connectivity index (χ0) is 14.1. The summed E-state index contributed by atoms with van der Waals surface area (Å²) in [6, 6.07) is 5.73. The lowest BCUT2D eigenvalue weighted by atomic mass is 9.99. The van der Waals surface area contributed by atoms with Crippen molar-refractivity contribution in [1.82, 2.24) is 14.9 Å². The molecule has 0 aliphatic carbocycles. The number of hydrogen-bond acceptors (Lipinski definition) is 4. The van der Waals surface area contributed by atoms with Gasteiger partial charge in [-0.2, -0.15) is 0 Å². The van der Waals surface area contributed by atoms with Crippen molar-refractivity contribution in [2.24, 2.45) is 5.73 Å². The first-order chi connectivity index (χ1) is 9.65. The van der Waals surface area contributed by atoms with Crippen molar-refractivity contribution < 1.29 is 4.79 Å². The van der Waals surface area contributed by atoms with E-state index in [1.807, 2.05) is 6.07 Å². The number of nitrogens with two attached hydrogens (primary N) is 1. The van der Waals surface area contributed by atoms with Crippen LogP contribution in [0.25, 0.3) is 11.1 Å². The van der Waals surface area contributed by atoms with Crippen LogP contribution in [0.3, 0.4) is 0 Å². The minimum atomic E-state index is -0.518. The van der Waals surface area contributed by atoms with Gasteiger partial charge < -0.3 is 10.6 Å². The zero-order valence-electron chi connectivity index (χ0n) is 11.3. The highest BCUT2D eigenvalue weighted by Gasteiger charge is 2.17. The molecule has 0 unspecified atom stereocenters. The normalized spacial score (nSPS) is 14.8. The van der Waals surface area contributed by atoms with Crippen LogP contribution in [0.5, 0.6) is 0 Å². The van der Waals surface area contributed by atoms with E-state index in [9.17, 15) is 4.79 Å². The molecule has 0 bridgehead atoms. The summed E-state index contributed by atoms with van der Waals surface area (Å²) in [7, 11) is 2.09. The highest BCUT2D eigenvalue weighted by molar-refractivity contribution is 5.97. The fourth-order valence-electron chi connectivity index (χ4n) is 2.55. The maximum Gasteiger partial charge on any atom is 0.267 e. The third kappa shape index (κ3) is 2.28. The summed E-state index contributed by atoms with van der Waals surface area (Å²) in [6.45, 7) is 1.90. The first-order valence-corrected chi connectivity index (χ1v) is 6.56. The third-order valence-corrected chi connectivity index (χ3v) is 3.58. The van der Waals surface area contributed by atoms with E-state index in [-0.39, 0.29) is 0 Å². The third-order valence-electron chi connectivity index (χ3n) is 3.58. The van der Waals surface area contributed by atoms with E-state index >= 15 is 0 Å². The number of fused-ring (bicyclic) bond motifs is 1. The first kappa shape index (κ1) is 12.7. The number of nitrogens with zero attached hydrogens (tertiary/aromatic N) is 3. The SMILES string of the molecule is CN1CCc2ncc(-c3cccnc3C(N)=O)cc2C1. The quantitative estimate of drug-likeness (QED) is 0.889. The Hall–Kier alpha value is -2.27. The molecule has 1 amide bonds. The van der Waals surface area contributed by atoms with Crippen LogP contribution < -0.4 is 5.73 Å². The van der Waals surface area contributed by atoms with Crippen molar-refractivity contribution >= 4 is 5.91 Å². The summed E-state index contributed by atoms with van der Waals surface area (Å²) >= 11 is 0. The molecule has 1 aliphatic heterocycles. The summed E-state index contributed by atoms with van der Waals surface area (Å²) in [6.07, 6.45) is 4.33. The number of primary amides is 1. The Labute approximate surface area is 117 Å². The Balaban J connectivity index is 2.08. The van der Waals surface area contributed by atoms with Gasteiger partial charge in [-0.15, -0.1) is 0 Å². The number of hydrogen-bond donors (Lipinski definition) is 1. The second kappa shape index (κ2) is 5.02. The molecule has 3 heterocycles. The minimum absolute atomic E-state index is 0.290. The standard InChI is InChI=1S/C15H16N4O/c1-19-6-4-13-11(9-19)7-10(8-18-13)12-3-2-5-17-14(12)15(16)20/h2-3,5,7-8H,4,6,9H2,1H3,(H2,16,20). The van der Waals surface area contributed by atoms with E-state index in [2.05, 4.69) is 28.0 Å². The largest absolute Gasteiger partial charge is 0.364 e. The van der Waals surface area contributed by atoms with E-state index < -0.39 is 5.91 Å². The molecule has 0 saturated heterocycles. The average Bonchev–Trinajstić information content (AvgIpc) is 2.46. The Morgan fingerprint density at radius 2 is 2.25 bits per heavy atom. The summed E-state index contributed by atoms with van der Waals surface area (Å²) in [4.78, 5) is 22.3. The fourth-order valence-corrected chi connectivity index (χ4v) is 2.55. The lowest BCUT2D eigenvalue weighted by Gasteiger charge is -2.24. The molecule has 0 fully saturated rings. The smallest absolute Gasteiger partial charge is 0.267 e. The Morgan fingerprint density at radius 3 is 3.05 bits per heavy atom. The van der Waals surface area contributed by atoms with Gasteiger partial charge in [0, 0.05) is 48.7 Å². The Bertz CT molecular complexity index is 669. The van der Waals surface area contributed by atoms with Crippen LogP contribution in [0.15, 0.2) is 30.6 Å². The molecule has 102 valence electrons. The maximum absolute atomic E-state index is 11.5. The predicted octanol–water partition coefficient (Wildman–Crippen LogP) is 1.23. The Morgan fingerprint density at radius 1 is 1.40 bits per heavy atom.